The molecule has 2 heterocycles. The smallest absolute Gasteiger partial charge is 0.231 e. The number of nitrogens with zero attached hydrogens (tertiary/aromatic N) is 4. The van der Waals surface area contributed by atoms with E-state index in [4.69, 9.17) is 4.52 Å². The third kappa shape index (κ3) is 1.82. The number of likely N-dealkylation sites (N-methyl/N-ethyl adjacent to an activating group) is 1. The van der Waals surface area contributed by atoms with Crippen molar-refractivity contribution in [1.82, 2.24) is 25.0 Å². The summed E-state index contributed by atoms with van der Waals surface area (Å²) in [5.74, 6) is 1.69. The van der Waals surface area contributed by atoms with Gasteiger partial charge in [-0.1, -0.05) is 11.6 Å². The van der Waals surface area contributed by atoms with Crippen molar-refractivity contribution in [2.75, 3.05) is 7.05 Å². The highest BCUT2D eigenvalue weighted by Crippen LogP contribution is 2.34. The number of nitrogens with one attached hydrogen (secondary N) is 1. The predicted octanol–water partition coefficient (Wildman–Crippen LogP) is 1.33. The molecule has 1 saturated carbocycles. The quantitative estimate of drug-likeness (QED) is 0.886. The highest BCUT2D eigenvalue weighted by molar-refractivity contribution is 5.47. The van der Waals surface area contributed by atoms with Gasteiger partial charge in [0.2, 0.25) is 11.7 Å². The number of aromatic nitrogens is 4. The Morgan fingerprint density at radius 2 is 2.33 bits per heavy atom. The first-order chi connectivity index (χ1) is 8.79. The van der Waals surface area contributed by atoms with E-state index in [1.54, 1.807) is 12.5 Å². The van der Waals surface area contributed by atoms with E-state index in [1.807, 2.05) is 18.7 Å². The van der Waals surface area contributed by atoms with Gasteiger partial charge in [0.1, 0.15) is 5.69 Å². The molecule has 2 atom stereocenters. The average molecular weight is 247 g/mol. The maximum absolute atomic E-state index is 5.42. The van der Waals surface area contributed by atoms with Crippen LogP contribution in [-0.4, -0.2) is 32.8 Å². The first-order valence-electron chi connectivity index (χ1n) is 6.27. The second kappa shape index (κ2) is 4.53. The molecule has 0 saturated heterocycles. The predicted molar refractivity (Wildman–Crippen MR) is 65.9 cm³/mol. The number of rotatable bonds is 3. The topological polar surface area (TPSA) is 68.8 Å². The van der Waals surface area contributed by atoms with Crippen molar-refractivity contribution >= 4 is 0 Å². The lowest BCUT2D eigenvalue weighted by atomic mass is 10.0. The molecule has 0 aliphatic heterocycles. The zero-order chi connectivity index (χ0) is 12.5. The number of aryl methyl sites for hydroxylation is 1. The molecule has 1 fully saturated rings. The van der Waals surface area contributed by atoms with Crippen molar-refractivity contribution < 1.29 is 4.52 Å². The molecule has 6 heteroatoms. The third-order valence-electron chi connectivity index (χ3n) is 3.69. The molecule has 0 amide bonds. The Balaban J connectivity index is 1.88. The fraction of sp³-hybridized carbons (Fsp3) is 0.583. The van der Waals surface area contributed by atoms with Gasteiger partial charge in [0.25, 0.3) is 0 Å². The second-order valence-corrected chi connectivity index (χ2v) is 4.78. The van der Waals surface area contributed by atoms with E-state index in [0.717, 1.165) is 18.0 Å². The Bertz CT molecular complexity index is 532. The van der Waals surface area contributed by atoms with Crippen LogP contribution in [0.1, 0.15) is 31.1 Å². The summed E-state index contributed by atoms with van der Waals surface area (Å²) in [6.07, 6.45) is 6.97. The van der Waals surface area contributed by atoms with Crippen LogP contribution in [0.25, 0.3) is 11.5 Å². The minimum atomic E-state index is 0.337. The minimum absolute atomic E-state index is 0.337. The molecule has 2 aromatic rings. The molecule has 0 radical (unpaired) electrons. The Labute approximate surface area is 105 Å². The van der Waals surface area contributed by atoms with Crippen LogP contribution in [0, 0.1) is 0 Å². The Morgan fingerprint density at radius 1 is 1.44 bits per heavy atom. The number of hydrogen-bond donors (Lipinski definition) is 1. The molecule has 96 valence electrons. The maximum atomic E-state index is 5.42. The molecule has 1 N–H and O–H groups in total. The van der Waals surface area contributed by atoms with E-state index in [9.17, 15) is 0 Å². The van der Waals surface area contributed by atoms with E-state index in [0.29, 0.717) is 17.8 Å². The van der Waals surface area contributed by atoms with E-state index < -0.39 is 0 Å². The van der Waals surface area contributed by atoms with Crippen LogP contribution in [0.15, 0.2) is 17.0 Å². The molecular weight excluding hydrogens is 230 g/mol. The van der Waals surface area contributed by atoms with E-state index in [-0.39, 0.29) is 0 Å². The SMILES string of the molecule is CNC1CCCC1c1nc(-c2cncn2C)no1. The van der Waals surface area contributed by atoms with Gasteiger partial charge in [-0.3, -0.25) is 0 Å². The first kappa shape index (κ1) is 11.4. The lowest BCUT2D eigenvalue weighted by Gasteiger charge is -2.14. The Morgan fingerprint density at radius 3 is 3.06 bits per heavy atom. The fourth-order valence-corrected chi connectivity index (χ4v) is 2.66. The van der Waals surface area contributed by atoms with Gasteiger partial charge in [-0.05, 0) is 19.9 Å². The van der Waals surface area contributed by atoms with Gasteiger partial charge in [-0.25, -0.2) is 4.98 Å². The molecule has 6 nitrogen and oxygen atoms in total. The summed E-state index contributed by atoms with van der Waals surface area (Å²) in [6.45, 7) is 0. The van der Waals surface area contributed by atoms with Gasteiger partial charge in [0, 0.05) is 13.1 Å². The molecule has 3 rings (SSSR count). The normalized spacial score (nSPS) is 23.7. The Kier molecular flexibility index (Phi) is 2.87. The third-order valence-corrected chi connectivity index (χ3v) is 3.69. The summed E-state index contributed by atoms with van der Waals surface area (Å²) in [6, 6.07) is 0.449. The zero-order valence-corrected chi connectivity index (χ0v) is 10.6. The monoisotopic (exact) mass is 247 g/mol. The van der Waals surface area contributed by atoms with E-state index >= 15 is 0 Å². The molecule has 0 aromatic carbocycles. The van der Waals surface area contributed by atoms with Crippen LogP contribution >= 0.6 is 0 Å². The average Bonchev–Trinajstić information content (AvgIpc) is 3.06. The molecule has 1 aliphatic carbocycles. The molecular formula is C12H17N5O. The van der Waals surface area contributed by atoms with E-state index in [2.05, 4.69) is 20.4 Å². The van der Waals surface area contributed by atoms with Crippen LogP contribution in [0.5, 0.6) is 0 Å². The Hall–Kier alpha value is -1.69. The van der Waals surface area contributed by atoms with Gasteiger partial charge in [-0.15, -0.1) is 0 Å². The molecule has 2 unspecified atom stereocenters. The van der Waals surface area contributed by atoms with Crippen LogP contribution in [0.4, 0.5) is 0 Å². The summed E-state index contributed by atoms with van der Waals surface area (Å²) >= 11 is 0. The molecule has 1 aliphatic rings. The highest BCUT2D eigenvalue weighted by Gasteiger charge is 2.32. The van der Waals surface area contributed by atoms with Crippen LogP contribution in [0.2, 0.25) is 0 Å². The molecule has 2 aromatic heterocycles. The van der Waals surface area contributed by atoms with Crippen molar-refractivity contribution in [3.63, 3.8) is 0 Å². The van der Waals surface area contributed by atoms with Gasteiger partial charge in [-0.2, -0.15) is 4.98 Å². The highest BCUT2D eigenvalue weighted by atomic mass is 16.5. The molecule has 0 spiro atoms. The molecule has 0 bridgehead atoms. The summed E-state index contributed by atoms with van der Waals surface area (Å²) in [7, 11) is 3.91. The summed E-state index contributed by atoms with van der Waals surface area (Å²) in [4.78, 5) is 8.58. The van der Waals surface area contributed by atoms with Crippen LogP contribution < -0.4 is 5.32 Å². The van der Waals surface area contributed by atoms with E-state index in [1.165, 1.54) is 12.8 Å². The van der Waals surface area contributed by atoms with Crippen molar-refractivity contribution in [1.29, 1.82) is 0 Å². The summed E-state index contributed by atoms with van der Waals surface area (Å²) < 4.78 is 7.30. The van der Waals surface area contributed by atoms with Crippen LogP contribution in [-0.2, 0) is 7.05 Å². The van der Waals surface area contributed by atoms with Crippen molar-refractivity contribution in [2.24, 2.45) is 7.05 Å². The van der Waals surface area contributed by atoms with Crippen LogP contribution in [0.3, 0.4) is 0 Å². The van der Waals surface area contributed by atoms with Gasteiger partial charge < -0.3 is 14.4 Å². The lowest BCUT2D eigenvalue weighted by molar-refractivity contribution is 0.335. The molecule has 18 heavy (non-hydrogen) atoms. The lowest BCUT2D eigenvalue weighted by Crippen LogP contribution is -2.27. The summed E-state index contributed by atoms with van der Waals surface area (Å²) in [5.41, 5.74) is 0.879. The second-order valence-electron chi connectivity index (χ2n) is 4.78. The largest absolute Gasteiger partial charge is 0.339 e. The van der Waals surface area contributed by atoms with Gasteiger partial charge in [0.15, 0.2) is 0 Å². The van der Waals surface area contributed by atoms with Crippen molar-refractivity contribution in [3.05, 3.63) is 18.4 Å². The summed E-state index contributed by atoms with van der Waals surface area (Å²) in [5, 5.41) is 7.38. The first-order valence-corrected chi connectivity index (χ1v) is 6.27. The zero-order valence-electron chi connectivity index (χ0n) is 10.6. The maximum Gasteiger partial charge on any atom is 0.231 e. The van der Waals surface area contributed by atoms with Crippen molar-refractivity contribution in [2.45, 2.75) is 31.2 Å². The fourth-order valence-electron chi connectivity index (χ4n) is 2.66. The minimum Gasteiger partial charge on any atom is -0.339 e. The standard InChI is InChI=1S/C12H17N5O/c1-13-9-5-3-4-8(9)12-15-11(16-18-12)10-6-14-7-17(10)2/h6-9,13H,3-5H2,1-2H3. The van der Waals surface area contributed by atoms with Crippen molar-refractivity contribution in [3.8, 4) is 11.5 Å². The number of imidazole rings is 1. The van der Waals surface area contributed by atoms with Gasteiger partial charge >= 0.3 is 0 Å². The number of hydrogen-bond acceptors (Lipinski definition) is 5. The van der Waals surface area contributed by atoms with Gasteiger partial charge in [0.05, 0.1) is 18.4 Å².